The van der Waals surface area contributed by atoms with Gasteiger partial charge in [0, 0.05) is 10.0 Å². The molecule has 0 heterocycles. The molecule has 3 nitrogen and oxygen atoms in total. The van der Waals surface area contributed by atoms with Crippen molar-refractivity contribution in [2.45, 2.75) is 13.2 Å². The first kappa shape index (κ1) is 13.6. The molecule has 0 saturated carbocycles. The number of rotatable bonds is 4. The summed E-state index contributed by atoms with van der Waals surface area (Å²) in [5, 5.41) is 18.1. The van der Waals surface area contributed by atoms with E-state index in [4.69, 9.17) is 10.00 Å². The summed E-state index contributed by atoms with van der Waals surface area (Å²) in [7, 11) is 0. The number of benzene rings is 2. The van der Waals surface area contributed by atoms with Gasteiger partial charge in [-0.1, -0.05) is 28.1 Å². The number of nitriles is 1. The maximum Gasteiger partial charge on any atom is 0.125 e. The van der Waals surface area contributed by atoms with E-state index in [0.29, 0.717) is 17.9 Å². The van der Waals surface area contributed by atoms with Crippen molar-refractivity contribution in [2.75, 3.05) is 0 Å². The molecule has 4 heteroatoms. The predicted octanol–water partition coefficient (Wildman–Crippen LogP) is 3.39. The minimum Gasteiger partial charge on any atom is -0.489 e. The number of nitrogens with zero attached hydrogens (tertiary/aromatic N) is 1. The molecule has 2 aromatic rings. The van der Waals surface area contributed by atoms with Gasteiger partial charge in [-0.3, -0.25) is 0 Å². The van der Waals surface area contributed by atoms with Crippen LogP contribution in [0, 0.1) is 11.3 Å². The van der Waals surface area contributed by atoms with Gasteiger partial charge in [-0.2, -0.15) is 5.26 Å². The summed E-state index contributed by atoms with van der Waals surface area (Å²) >= 11 is 3.35. The van der Waals surface area contributed by atoms with E-state index in [1.54, 1.807) is 12.1 Å². The molecule has 0 spiro atoms. The van der Waals surface area contributed by atoms with E-state index in [-0.39, 0.29) is 6.61 Å². The molecule has 0 amide bonds. The molecule has 0 aliphatic carbocycles. The number of aliphatic hydroxyl groups is 1. The number of aliphatic hydroxyl groups excluding tert-OH is 1. The van der Waals surface area contributed by atoms with Crippen molar-refractivity contribution in [3.05, 3.63) is 63.6 Å². The van der Waals surface area contributed by atoms with E-state index in [0.717, 1.165) is 15.6 Å². The van der Waals surface area contributed by atoms with Gasteiger partial charge in [0.25, 0.3) is 0 Å². The molecule has 0 saturated heterocycles. The fourth-order valence-electron chi connectivity index (χ4n) is 1.70. The summed E-state index contributed by atoms with van der Waals surface area (Å²) in [4.78, 5) is 0. The van der Waals surface area contributed by atoms with E-state index in [9.17, 15) is 5.11 Å². The molecule has 1 N–H and O–H groups in total. The highest BCUT2D eigenvalue weighted by atomic mass is 79.9. The fourth-order valence-corrected chi connectivity index (χ4v) is 2.11. The van der Waals surface area contributed by atoms with Crippen LogP contribution in [0.15, 0.2) is 46.9 Å². The molecule has 0 aliphatic rings. The van der Waals surface area contributed by atoms with E-state index >= 15 is 0 Å². The lowest BCUT2D eigenvalue weighted by molar-refractivity contribution is 0.259. The first-order valence-corrected chi connectivity index (χ1v) is 6.53. The third-order valence-electron chi connectivity index (χ3n) is 2.64. The van der Waals surface area contributed by atoms with Gasteiger partial charge in [0.05, 0.1) is 18.2 Å². The van der Waals surface area contributed by atoms with E-state index in [1.165, 1.54) is 0 Å². The number of ether oxygens (including phenoxy) is 1. The first-order chi connectivity index (χ1) is 9.22. The van der Waals surface area contributed by atoms with Crippen LogP contribution in [0.3, 0.4) is 0 Å². The van der Waals surface area contributed by atoms with E-state index in [1.807, 2.05) is 30.3 Å². The second-order valence-electron chi connectivity index (χ2n) is 4.01. The van der Waals surface area contributed by atoms with Gasteiger partial charge in [-0.15, -0.1) is 0 Å². The Kier molecular flexibility index (Phi) is 4.56. The summed E-state index contributed by atoms with van der Waals surface area (Å²) in [5.41, 5.74) is 2.26. The maximum atomic E-state index is 9.28. The van der Waals surface area contributed by atoms with Crippen LogP contribution in [0.1, 0.15) is 16.7 Å². The van der Waals surface area contributed by atoms with Crippen molar-refractivity contribution in [1.29, 1.82) is 5.26 Å². The van der Waals surface area contributed by atoms with Crippen molar-refractivity contribution in [3.63, 3.8) is 0 Å². The Morgan fingerprint density at radius 3 is 2.79 bits per heavy atom. The highest BCUT2D eigenvalue weighted by molar-refractivity contribution is 9.10. The lowest BCUT2D eigenvalue weighted by atomic mass is 10.1. The molecule has 0 unspecified atom stereocenters. The van der Waals surface area contributed by atoms with Crippen molar-refractivity contribution in [1.82, 2.24) is 0 Å². The summed E-state index contributed by atoms with van der Waals surface area (Å²) < 4.78 is 6.58. The zero-order chi connectivity index (χ0) is 13.7. The van der Waals surface area contributed by atoms with Gasteiger partial charge >= 0.3 is 0 Å². The molecule has 0 bridgehead atoms. The van der Waals surface area contributed by atoms with Crippen LogP contribution >= 0.6 is 15.9 Å². The van der Waals surface area contributed by atoms with Crippen LogP contribution in [0.25, 0.3) is 0 Å². The summed E-state index contributed by atoms with van der Waals surface area (Å²) in [6.07, 6.45) is 0. The van der Waals surface area contributed by atoms with Gasteiger partial charge in [0.2, 0.25) is 0 Å². The molecule has 0 fully saturated rings. The second kappa shape index (κ2) is 6.37. The van der Waals surface area contributed by atoms with Crippen molar-refractivity contribution >= 4 is 15.9 Å². The van der Waals surface area contributed by atoms with Crippen molar-refractivity contribution in [3.8, 4) is 11.8 Å². The van der Waals surface area contributed by atoms with Crippen LogP contribution in [0.2, 0.25) is 0 Å². The smallest absolute Gasteiger partial charge is 0.125 e. The Labute approximate surface area is 120 Å². The zero-order valence-electron chi connectivity index (χ0n) is 10.1. The van der Waals surface area contributed by atoms with Crippen LogP contribution < -0.4 is 4.74 Å². The van der Waals surface area contributed by atoms with Crippen molar-refractivity contribution in [2.24, 2.45) is 0 Å². The highest BCUT2D eigenvalue weighted by Crippen LogP contribution is 2.24. The number of hydrogen-bond donors (Lipinski definition) is 1. The quantitative estimate of drug-likeness (QED) is 0.940. The highest BCUT2D eigenvalue weighted by Gasteiger charge is 2.04. The first-order valence-electron chi connectivity index (χ1n) is 5.74. The molecule has 96 valence electrons. The third-order valence-corrected chi connectivity index (χ3v) is 3.14. The Balaban J connectivity index is 2.12. The molecule has 0 atom stereocenters. The average Bonchev–Trinajstić information content (AvgIpc) is 2.46. The minimum absolute atomic E-state index is 0.0764. The van der Waals surface area contributed by atoms with E-state index < -0.39 is 0 Å². The molecule has 2 aromatic carbocycles. The van der Waals surface area contributed by atoms with Gasteiger partial charge in [0.15, 0.2) is 0 Å². The second-order valence-corrected chi connectivity index (χ2v) is 4.93. The third kappa shape index (κ3) is 3.57. The van der Waals surface area contributed by atoms with Gasteiger partial charge in [-0.25, -0.2) is 0 Å². The molecular weight excluding hydrogens is 306 g/mol. The standard InChI is InChI=1S/C15H12BrNO2/c16-14-4-5-15(13(7-14)9-18)19-10-12-3-1-2-11(6-12)8-17/h1-7,18H,9-10H2. The Morgan fingerprint density at radius 2 is 2.05 bits per heavy atom. The zero-order valence-corrected chi connectivity index (χ0v) is 11.7. The normalized spacial score (nSPS) is 9.95. The molecule has 19 heavy (non-hydrogen) atoms. The topological polar surface area (TPSA) is 53.2 Å². The molecule has 2 rings (SSSR count). The van der Waals surface area contributed by atoms with Gasteiger partial charge in [0.1, 0.15) is 12.4 Å². The largest absolute Gasteiger partial charge is 0.489 e. The maximum absolute atomic E-state index is 9.28. The fraction of sp³-hybridized carbons (Fsp3) is 0.133. The van der Waals surface area contributed by atoms with Crippen LogP contribution in [-0.4, -0.2) is 5.11 Å². The lowest BCUT2D eigenvalue weighted by Crippen LogP contribution is -1.99. The summed E-state index contributed by atoms with van der Waals surface area (Å²) in [6.45, 7) is 0.289. The Bertz CT molecular complexity index is 620. The van der Waals surface area contributed by atoms with Gasteiger partial charge < -0.3 is 9.84 Å². The van der Waals surface area contributed by atoms with Crippen LogP contribution in [0.4, 0.5) is 0 Å². The summed E-state index contributed by atoms with van der Waals surface area (Å²) in [6, 6.07) is 14.9. The Morgan fingerprint density at radius 1 is 1.21 bits per heavy atom. The number of halogens is 1. The number of hydrogen-bond acceptors (Lipinski definition) is 3. The van der Waals surface area contributed by atoms with Gasteiger partial charge in [-0.05, 0) is 35.9 Å². The average molecular weight is 318 g/mol. The summed E-state index contributed by atoms with van der Waals surface area (Å²) in [5.74, 6) is 0.646. The lowest BCUT2D eigenvalue weighted by Gasteiger charge is -2.10. The van der Waals surface area contributed by atoms with E-state index in [2.05, 4.69) is 22.0 Å². The molecular formula is C15H12BrNO2. The molecule has 0 aliphatic heterocycles. The molecule has 0 radical (unpaired) electrons. The SMILES string of the molecule is N#Cc1cccc(COc2ccc(Br)cc2CO)c1. The Hall–Kier alpha value is -1.83. The van der Waals surface area contributed by atoms with Crippen LogP contribution in [0.5, 0.6) is 5.75 Å². The van der Waals surface area contributed by atoms with Crippen LogP contribution in [-0.2, 0) is 13.2 Å². The monoisotopic (exact) mass is 317 g/mol. The van der Waals surface area contributed by atoms with Crippen molar-refractivity contribution < 1.29 is 9.84 Å². The minimum atomic E-state index is -0.0764. The predicted molar refractivity (Wildman–Crippen MR) is 75.6 cm³/mol. The molecule has 0 aromatic heterocycles.